The van der Waals surface area contributed by atoms with Crippen LogP contribution < -0.4 is 0 Å². The quantitative estimate of drug-likeness (QED) is 0.776. The Morgan fingerprint density at radius 2 is 2.07 bits per heavy atom. The summed E-state index contributed by atoms with van der Waals surface area (Å²) in [4.78, 5) is 0. The third kappa shape index (κ3) is 2.16. The average molecular weight is 190 g/mol. The van der Waals surface area contributed by atoms with Crippen LogP contribution in [0.1, 0.15) is 29.5 Å². The van der Waals surface area contributed by atoms with Crippen LogP contribution in [0.15, 0.2) is 18.2 Å². The average Bonchev–Trinajstić information content (AvgIpc) is 2.94. The lowest BCUT2D eigenvalue weighted by Gasteiger charge is -2.12. The fourth-order valence-electron chi connectivity index (χ4n) is 1.89. The van der Waals surface area contributed by atoms with Crippen LogP contribution >= 0.6 is 0 Å². The van der Waals surface area contributed by atoms with Gasteiger partial charge in [0.15, 0.2) is 0 Å². The molecule has 0 amide bonds. The lowest BCUT2D eigenvalue weighted by atomic mass is 9.98. The second-order valence-corrected chi connectivity index (χ2v) is 4.54. The largest absolute Gasteiger partial charge is 0.392 e. The molecule has 1 heteroatoms. The molecule has 0 aliphatic heterocycles. The second kappa shape index (κ2) is 3.74. The molecule has 1 saturated carbocycles. The van der Waals surface area contributed by atoms with E-state index in [9.17, 15) is 5.11 Å². The summed E-state index contributed by atoms with van der Waals surface area (Å²) in [7, 11) is 0. The van der Waals surface area contributed by atoms with E-state index in [0.29, 0.717) is 5.92 Å². The lowest BCUT2D eigenvalue weighted by Crippen LogP contribution is -2.13. The van der Waals surface area contributed by atoms with Crippen LogP contribution in [-0.4, -0.2) is 11.2 Å². The molecule has 1 atom stereocenters. The summed E-state index contributed by atoms with van der Waals surface area (Å²) >= 11 is 0. The van der Waals surface area contributed by atoms with Crippen LogP contribution in [0.3, 0.4) is 0 Å². The number of hydrogen-bond donors (Lipinski definition) is 1. The zero-order valence-corrected chi connectivity index (χ0v) is 8.96. The Bertz CT molecular complexity index is 326. The van der Waals surface area contributed by atoms with Crippen LogP contribution in [0.5, 0.6) is 0 Å². The molecule has 0 spiro atoms. The van der Waals surface area contributed by atoms with Gasteiger partial charge in [-0.15, -0.1) is 0 Å². The molecular weight excluding hydrogens is 172 g/mol. The van der Waals surface area contributed by atoms with Crippen molar-refractivity contribution in [3.05, 3.63) is 34.9 Å². The van der Waals surface area contributed by atoms with Crippen molar-refractivity contribution >= 4 is 0 Å². The van der Waals surface area contributed by atoms with Crippen molar-refractivity contribution in [2.75, 3.05) is 0 Å². The van der Waals surface area contributed by atoms with Gasteiger partial charge in [0, 0.05) is 0 Å². The van der Waals surface area contributed by atoms with Crippen LogP contribution in [0.25, 0.3) is 0 Å². The first-order valence-corrected chi connectivity index (χ1v) is 5.41. The minimum atomic E-state index is -0.115. The topological polar surface area (TPSA) is 20.2 Å². The van der Waals surface area contributed by atoms with E-state index in [1.807, 2.05) is 0 Å². The highest BCUT2D eigenvalue weighted by Gasteiger charge is 2.29. The van der Waals surface area contributed by atoms with Gasteiger partial charge in [-0.2, -0.15) is 0 Å². The number of aliphatic hydroxyl groups is 1. The van der Waals surface area contributed by atoms with Gasteiger partial charge in [0.1, 0.15) is 0 Å². The number of aryl methyl sites for hydroxylation is 2. The summed E-state index contributed by atoms with van der Waals surface area (Å²) in [6.07, 6.45) is 3.14. The fourth-order valence-corrected chi connectivity index (χ4v) is 1.89. The summed E-state index contributed by atoms with van der Waals surface area (Å²) < 4.78 is 0. The van der Waals surface area contributed by atoms with Gasteiger partial charge in [-0.3, -0.25) is 0 Å². The Morgan fingerprint density at radius 3 is 2.71 bits per heavy atom. The standard InChI is InChI=1S/C13H18O/c1-9-3-4-10(2)12(7-9)8-13(14)11-5-6-11/h3-4,7,11,13-14H,5-6,8H2,1-2H3. The Morgan fingerprint density at radius 1 is 1.36 bits per heavy atom. The molecule has 1 unspecified atom stereocenters. The fraction of sp³-hybridized carbons (Fsp3) is 0.538. The van der Waals surface area contributed by atoms with Gasteiger partial charge in [-0.1, -0.05) is 23.8 Å². The Hall–Kier alpha value is -0.820. The number of aliphatic hydroxyl groups excluding tert-OH is 1. The molecule has 1 aliphatic rings. The van der Waals surface area contributed by atoms with Crippen LogP contribution in [0.4, 0.5) is 0 Å². The van der Waals surface area contributed by atoms with Crippen molar-refractivity contribution in [3.63, 3.8) is 0 Å². The second-order valence-electron chi connectivity index (χ2n) is 4.54. The normalized spacial score (nSPS) is 18.2. The van der Waals surface area contributed by atoms with E-state index in [1.165, 1.54) is 29.5 Å². The van der Waals surface area contributed by atoms with Crippen LogP contribution in [-0.2, 0) is 6.42 Å². The molecule has 1 aromatic rings. The van der Waals surface area contributed by atoms with Crippen molar-refractivity contribution in [1.29, 1.82) is 0 Å². The molecule has 1 aromatic carbocycles. The molecule has 1 nitrogen and oxygen atoms in total. The first-order chi connectivity index (χ1) is 6.66. The highest BCUT2D eigenvalue weighted by Crippen LogP contribution is 2.34. The van der Waals surface area contributed by atoms with Crippen molar-refractivity contribution in [2.45, 2.75) is 39.2 Å². The van der Waals surface area contributed by atoms with E-state index in [2.05, 4.69) is 32.0 Å². The molecule has 1 N–H and O–H groups in total. The van der Waals surface area contributed by atoms with E-state index in [0.717, 1.165) is 6.42 Å². The third-order valence-electron chi connectivity index (χ3n) is 3.10. The molecule has 0 heterocycles. The first kappa shape index (κ1) is 9.72. The third-order valence-corrected chi connectivity index (χ3v) is 3.10. The van der Waals surface area contributed by atoms with Crippen LogP contribution in [0, 0.1) is 19.8 Å². The van der Waals surface area contributed by atoms with Gasteiger partial charge < -0.3 is 5.11 Å². The van der Waals surface area contributed by atoms with Gasteiger partial charge in [0.25, 0.3) is 0 Å². The molecule has 0 bridgehead atoms. The molecule has 1 fully saturated rings. The summed E-state index contributed by atoms with van der Waals surface area (Å²) in [5.41, 5.74) is 3.90. The minimum absolute atomic E-state index is 0.115. The predicted molar refractivity (Wildman–Crippen MR) is 58.4 cm³/mol. The molecule has 2 rings (SSSR count). The van der Waals surface area contributed by atoms with E-state index < -0.39 is 0 Å². The van der Waals surface area contributed by atoms with Gasteiger partial charge >= 0.3 is 0 Å². The maximum absolute atomic E-state index is 9.86. The maximum atomic E-state index is 9.86. The minimum Gasteiger partial charge on any atom is -0.392 e. The number of rotatable bonds is 3. The summed E-state index contributed by atoms with van der Waals surface area (Å²) in [6.45, 7) is 4.22. The first-order valence-electron chi connectivity index (χ1n) is 5.41. The van der Waals surface area contributed by atoms with Crippen molar-refractivity contribution in [3.8, 4) is 0 Å². The van der Waals surface area contributed by atoms with Gasteiger partial charge in [-0.25, -0.2) is 0 Å². The monoisotopic (exact) mass is 190 g/mol. The zero-order chi connectivity index (χ0) is 10.1. The molecule has 14 heavy (non-hydrogen) atoms. The SMILES string of the molecule is Cc1ccc(C)c(CC(O)C2CC2)c1. The molecule has 0 saturated heterocycles. The maximum Gasteiger partial charge on any atom is 0.0608 e. The van der Waals surface area contributed by atoms with E-state index in [1.54, 1.807) is 0 Å². The van der Waals surface area contributed by atoms with E-state index in [-0.39, 0.29) is 6.10 Å². The van der Waals surface area contributed by atoms with Crippen molar-refractivity contribution in [2.24, 2.45) is 5.92 Å². The summed E-state index contributed by atoms with van der Waals surface area (Å²) in [6, 6.07) is 6.47. The summed E-state index contributed by atoms with van der Waals surface area (Å²) in [5.74, 6) is 0.579. The van der Waals surface area contributed by atoms with Crippen molar-refractivity contribution < 1.29 is 5.11 Å². The number of benzene rings is 1. The molecule has 0 radical (unpaired) electrons. The molecule has 1 aliphatic carbocycles. The summed E-state index contributed by atoms with van der Waals surface area (Å²) in [5, 5.41) is 9.86. The van der Waals surface area contributed by atoms with Gasteiger partial charge in [-0.05, 0) is 50.2 Å². The smallest absolute Gasteiger partial charge is 0.0608 e. The lowest BCUT2D eigenvalue weighted by molar-refractivity contribution is 0.151. The highest BCUT2D eigenvalue weighted by molar-refractivity contribution is 5.31. The highest BCUT2D eigenvalue weighted by atomic mass is 16.3. The Kier molecular flexibility index (Phi) is 2.60. The van der Waals surface area contributed by atoms with Crippen molar-refractivity contribution in [1.82, 2.24) is 0 Å². The molecule has 76 valence electrons. The Balaban J connectivity index is 2.10. The van der Waals surface area contributed by atoms with E-state index in [4.69, 9.17) is 0 Å². The zero-order valence-electron chi connectivity index (χ0n) is 8.96. The van der Waals surface area contributed by atoms with E-state index >= 15 is 0 Å². The Labute approximate surface area is 85.8 Å². The predicted octanol–water partition coefficient (Wildman–Crippen LogP) is 2.62. The molecule has 0 aromatic heterocycles. The van der Waals surface area contributed by atoms with Gasteiger partial charge in [0.2, 0.25) is 0 Å². The van der Waals surface area contributed by atoms with Crippen LogP contribution in [0.2, 0.25) is 0 Å². The molecular formula is C13H18O. The van der Waals surface area contributed by atoms with Gasteiger partial charge in [0.05, 0.1) is 6.10 Å². The number of hydrogen-bond acceptors (Lipinski definition) is 1.